The highest BCUT2D eigenvalue weighted by Gasteiger charge is 2.39. The molecule has 2 aromatic carbocycles. The van der Waals surface area contributed by atoms with Crippen molar-refractivity contribution in [1.82, 2.24) is 10.2 Å². The normalized spacial score (nSPS) is 19.9. The first-order valence-corrected chi connectivity index (χ1v) is 11.3. The minimum atomic E-state index is -4.74. The van der Waals surface area contributed by atoms with E-state index in [-0.39, 0.29) is 44.1 Å². The van der Waals surface area contributed by atoms with Gasteiger partial charge in [-0.1, -0.05) is 12.1 Å². The number of ether oxygens (including phenoxy) is 1. The number of anilines is 2. The van der Waals surface area contributed by atoms with Gasteiger partial charge in [0.1, 0.15) is 5.67 Å². The number of urea groups is 1. The Morgan fingerprint density at radius 1 is 1.09 bits per heavy atom. The predicted molar refractivity (Wildman–Crippen MR) is 122 cm³/mol. The van der Waals surface area contributed by atoms with Crippen LogP contribution in [0.4, 0.5) is 33.7 Å². The molecule has 0 saturated carbocycles. The molecule has 2 saturated heterocycles. The van der Waals surface area contributed by atoms with Crippen LogP contribution in [0.15, 0.2) is 42.5 Å². The lowest BCUT2D eigenvalue weighted by Crippen LogP contribution is -2.43. The van der Waals surface area contributed by atoms with Gasteiger partial charge in [0, 0.05) is 43.8 Å². The highest BCUT2D eigenvalue weighted by Crippen LogP contribution is 2.39. The first-order chi connectivity index (χ1) is 16.5. The summed E-state index contributed by atoms with van der Waals surface area (Å²) in [5.74, 6) is -0.536. The molecule has 2 fully saturated rings. The van der Waals surface area contributed by atoms with Crippen LogP contribution in [-0.2, 0) is 16.6 Å². The Morgan fingerprint density at radius 3 is 2.37 bits per heavy atom. The highest BCUT2D eigenvalue weighted by molar-refractivity contribution is 5.97. The van der Waals surface area contributed by atoms with E-state index in [4.69, 9.17) is 10.5 Å². The number of piperidine rings is 1. The zero-order valence-electron chi connectivity index (χ0n) is 18.8. The van der Waals surface area contributed by atoms with E-state index in [9.17, 15) is 22.8 Å². The lowest BCUT2D eigenvalue weighted by Gasteiger charge is -2.37. The maximum absolute atomic E-state index is 15.5. The van der Waals surface area contributed by atoms with Gasteiger partial charge in [-0.15, -0.1) is 0 Å². The van der Waals surface area contributed by atoms with Gasteiger partial charge in [-0.25, -0.2) is 9.18 Å². The number of hydrogen-bond donors (Lipinski definition) is 3. The zero-order chi connectivity index (χ0) is 25.2. The number of halogens is 4. The fraction of sp³-hybridized carbons (Fsp3) is 0.417. The maximum atomic E-state index is 15.5. The largest absolute Gasteiger partial charge is 0.418 e. The van der Waals surface area contributed by atoms with Gasteiger partial charge < -0.3 is 26.0 Å². The number of carbonyl (C=O) groups is 2. The quantitative estimate of drug-likeness (QED) is 0.436. The van der Waals surface area contributed by atoms with Crippen LogP contribution in [0.25, 0.3) is 0 Å². The molecule has 35 heavy (non-hydrogen) atoms. The Balaban J connectivity index is 1.48. The molecule has 7 nitrogen and oxygen atoms in total. The number of rotatable bonds is 4. The molecule has 188 valence electrons. The summed E-state index contributed by atoms with van der Waals surface area (Å²) in [6.45, 7) is 0.911. The average Bonchev–Trinajstić information content (AvgIpc) is 3.31. The molecule has 4 rings (SSSR count). The van der Waals surface area contributed by atoms with E-state index in [1.165, 1.54) is 4.90 Å². The van der Waals surface area contributed by atoms with Crippen molar-refractivity contribution < 1.29 is 31.9 Å². The van der Waals surface area contributed by atoms with Gasteiger partial charge in [-0.3, -0.25) is 4.79 Å². The molecule has 3 amide bonds. The van der Waals surface area contributed by atoms with E-state index in [0.29, 0.717) is 24.3 Å². The summed E-state index contributed by atoms with van der Waals surface area (Å²) in [6, 6.07) is 8.17. The molecule has 1 unspecified atom stereocenters. The van der Waals surface area contributed by atoms with Gasteiger partial charge in [0.2, 0.25) is 0 Å². The third-order valence-electron chi connectivity index (χ3n) is 6.36. The van der Waals surface area contributed by atoms with Gasteiger partial charge in [-0.05, 0) is 42.3 Å². The second kappa shape index (κ2) is 9.73. The van der Waals surface area contributed by atoms with E-state index in [0.717, 1.165) is 18.2 Å². The Kier molecular flexibility index (Phi) is 6.88. The topological polar surface area (TPSA) is 96.7 Å². The van der Waals surface area contributed by atoms with Crippen molar-refractivity contribution in [2.75, 3.05) is 37.4 Å². The average molecular weight is 494 g/mol. The molecular weight excluding hydrogens is 468 g/mol. The van der Waals surface area contributed by atoms with Crippen LogP contribution in [0.3, 0.4) is 0 Å². The van der Waals surface area contributed by atoms with Crippen LogP contribution in [0.1, 0.15) is 40.7 Å². The van der Waals surface area contributed by atoms with Gasteiger partial charge in [0.15, 0.2) is 0 Å². The minimum Gasteiger partial charge on any atom is -0.399 e. The highest BCUT2D eigenvalue weighted by atomic mass is 19.4. The van der Waals surface area contributed by atoms with Crippen molar-refractivity contribution in [1.29, 1.82) is 0 Å². The number of nitrogen functional groups attached to an aromatic ring is 1. The molecule has 0 radical (unpaired) electrons. The number of hydrogen-bond acceptors (Lipinski definition) is 4. The molecule has 11 heteroatoms. The number of nitrogens with two attached hydrogens (primary N) is 1. The van der Waals surface area contributed by atoms with E-state index >= 15 is 4.39 Å². The molecule has 2 aliphatic rings. The van der Waals surface area contributed by atoms with Crippen molar-refractivity contribution in [2.24, 2.45) is 0 Å². The molecule has 4 N–H and O–H groups in total. The smallest absolute Gasteiger partial charge is 0.399 e. The summed E-state index contributed by atoms with van der Waals surface area (Å²) in [7, 11) is 0. The van der Waals surface area contributed by atoms with E-state index in [1.807, 2.05) is 0 Å². The fourth-order valence-electron chi connectivity index (χ4n) is 4.34. The van der Waals surface area contributed by atoms with Crippen LogP contribution >= 0.6 is 0 Å². The first-order valence-electron chi connectivity index (χ1n) is 11.3. The Hall–Kier alpha value is -3.34. The second-order valence-corrected chi connectivity index (χ2v) is 8.80. The molecule has 0 spiro atoms. The van der Waals surface area contributed by atoms with Crippen LogP contribution in [-0.4, -0.2) is 49.2 Å². The molecule has 0 bridgehead atoms. The van der Waals surface area contributed by atoms with E-state index in [1.54, 1.807) is 24.3 Å². The van der Waals surface area contributed by atoms with E-state index < -0.39 is 35.0 Å². The van der Waals surface area contributed by atoms with Crippen molar-refractivity contribution in [3.8, 4) is 0 Å². The lowest BCUT2D eigenvalue weighted by atomic mass is 9.86. The molecule has 2 aliphatic heterocycles. The summed E-state index contributed by atoms with van der Waals surface area (Å²) in [5.41, 5.74) is 3.39. The van der Waals surface area contributed by atoms with Gasteiger partial charge >= 0.3 is 12.2 Å². The summed E-state index contributed by atoms with van der Waals surface area (Å²) in [4.78, 5) is 26.7. The third-order valence-corrected chi connectivity index (χ3v) is 6.36. The van der Waals surface area contributed by atoms with E-state index in [2.05, 4.69) is 10.6 Å². The number of alkyl halides is 4. The Morgan fingerprint density at radius 2 is 1.77 bits per heavy atom. The number of likely N-dealkylation sites (tertiary alicyclic amines) is 1. The summed E-state index contributed by atoms with van der Waals surface area (Å²) < 4.78 is 61.2. The van der Waals surface area contributed by atoms with Crippen molar-refractivity contribution in [2.45, 2.75) is 37.1 Å². The van der Waals surface area contributed by atoms with Gasteiger partial charge in [0.25, 0.3) is 5.91 Å². The standard InChI is InChI=1S/C24H26F4N4O3/c25-23(16-2-4-17(29)5-3-16)8-10-32(11-9-23)21(33)15-1-6-19(24(26,27)28)20(13-15)31-22(34)30-18-7-12-35-14-18/h1-6,13,18H,7-12,14,29H2,(H2,30,31,34). The first kappa shape index (κ1) is 24.8. The predicted octanol–water partition coefficient (Wildman–Crippen LogP) is 4.30. The number of nitrogens with zero attached hydrogens (tertiary/aromatic N) is 1. The number of nitrogens with one attached hydrogen (secondary N) is 2. The molecule has 0 aromatic heterocycles. The summed E-state index contributed by atoms with van der Waals surface area (Å²) >= 11 is 0. The second-order valence-electron chi connectivity index (χ2n) is 8.80. The van der Waals surface area contributed by atoms with Crippen LogP contribution in [0.5, 0.6) is 0 Å². The number of amides is 3. The molecule has 2 heterocycles. The zero-order valence-corrected chi connectivity index (χ0v) is 18.8. The number of benzene rings is 2. The number of carbonyl (C=O) groups excluding carboxylic acids is 2. The lowest BCUT2D eigenvalue weighted by molar-refractivity contribution is -0.136. The fourth-order valence-corrected chi connectivity index (χ4v) is 4.34. The van der Waals surface area contributed by atoms with Crippen LogP contribution in [0, 0.1) is 0 Å². The van der Waals surface area contributed by atoms with Gasteiger partial charge in [-0.2, -0.15) is 13.2 Å². The van der Waals surface area contributed by atoms with Crippen molar-refractivity contribution in [3.63, 3.8) is 0 Å². The molecule has 1 atom stereocenters. The third kappa shape index (κ3) is 5.67. The summed E-state index contributed by atoms with van der Waals surface area (Å²) in [6.07, 6.45) is -4.10. The maximum Gasteiger partial charge on any atom is 0.418 e. The molecule has 0 aliphatic carbocycles. The summed E-state index contributed by atoms with van der Waals surface area (Å²) in [5, 5.41) is 4.77. The Bertz CT molecular complexity index is 1080. The Labute approximate surface area is 199 Å². The SMILES string of the molecule is Nc1ccc(C2(F)CCN(C(=O)c3ccc(C(F)(F)F)c(NC(=O)NC4CCOC4)c3)CC2)cc1. The van der Waals surface area contributed by atoms with Crippen molar-refractivity contribution in [3.05, 3.63) is 59.2 Å². The minimum absolute atomic E-state index is 0.0312. The molecule has 2 aromatic rings. The van der Waals surface area contributed by atoms with Crippen molar-refractivity contribution >= 4 is 23.3 Å². The van der Waals surface area contributed by atoms with Gasteiger partial charge in [0.05, 0.1) is 23.9 Å². The van der Waals surface area contributed by atoms with Crippen LogP contribution < -0.4 is 16.4 Å². The van der Waals surface area contributed by atoms with Crippen LogP contribution in [0.2, 0.25) is 0 Å². The molecular formula is C24H26F4N4O3. The monoisotopic (exact) mass is 494 g/mol.